The van der Waals surface area contributed by atoms with Gasteiger partial charge >= 0.3 is 6.09 Å². The molecular formula is C24H38N2O3. The van der Waals surface area contributed by atoms with Crippen molar-refractivity contribution >= 4 is 11.8 Å². The third kappa shape index (κ3) is 7.22. The normalized spacial score (nSPS) is 22.8. The summed E-state index contributed by atoms with van der Waals surface area (Å²) in [5.41, 5.74) is 0.749. The molecule has 1 aromatic carbocycles. The van der Waals surface area contributed by atoms with Crippen LogP contribution >= 0.6 is 0 Å². The van der Waals surface area contributed by atoms with E-state index in [1.807, 2.05) is 24.3 Å². The molecule has 5 nitrogen and oxygen atoms in total. The lowest BCUT2D eigenvalue weighted by Gasteiger charge is -2.41. The van der Waals surface area contributed by atoms with Gasteiger partial charge in [-0.25, -0.2) is 4.79 Å². The Kier molecular flexibility index (Phi) is 9.13. The summed E-state index contributed by atoms with van der Waals surface area (Å²) in [5, 5.41) is 2.89. The summed E-state index contributed by atoms with van der Waals surface area (Å²) < 4.78 is 11.6. The van der Waals surface area contributed by atoms with Gasteiger partial charge in [0.2, 0.25) is 0 Å². The summed E-state index contributed by atoms with van der Waals surface area (Å²) in [5.74, 6) is 0.845. The van der Waals surface area contributed by atoms with Crippen molar-refractivity contribution in [1.82, 2.24) is 4.90 Å². The number of amides is 1. The molecule has 2 atom stereocenters. The van der Waals surface area contributed by atoms with Gasteiger partial charge in [-0.3, -0.25) is 10.2 Å². The first-order chi connectivity index (χ1) is 14.3. The van der Waals surface area contributed by atoms with Crippen molar-refractivity contribution in [1.29, 1.82) is 0 Å². The average Bonchev–Trinajstić information content (AvgIpc) is 2.76. The monoisotopic (exact) mass is 402 g/mol. The summed E-state index contributed by atoms with van der Waals surface area (Å²) in [6.45, 7) is 5.24. The van der Waals surface area contributed by atoms with Gasteiger partial charge in [-0.1, -0.05) is 39.0 Å². The highest BCUT2D eigenvalue weighted by atomic mass is 16.6. The fourth-order valence-corrected chi connectivity index (χ4v) is 4.52. The number of anilines is 1. The maximum Gasteiger partial charge on any atom is 0.411 e. The molecule has 1 saturated carbocycles. The Morgan fingerprint density at radius 2 is 1.76 bits per heavy atom. The molecule has 5 heteroatoms. The highest BCUT2D eigenvalue weighted by Crippen LogP contribution is 2.28. The molecule has 1 aliphatic heterocycles. The van der Waals surface area contributed by atoms with Gasteiger partial charge in [-0.15, -0.1) is 0 Å². The van der Waals surface area contributed by atoms with Gasteiger partial charge in [0.25, 0.3) is 0 Å². The van der Waals surface area contributed by atoms with E-state index in [1.54, 1.807) is 0 Å². The molecule has 0 bridgehead atoms. The molecule has 29 heavy (non-hydrogen) atoms. The number of unbranched alkanes of at least 4 members (excludes halogenated alkanes) is 3. The number of nitrogens with zero attached hydrogens (tertiary/aromatic N) is 1. The molecule has 1 N–H and O–H groups in total. The number of hydrogen-bond acceptors (Lipinski definition) is 4. The van der Waals surface area contributed by atoms with Crippen LogP contribution in [0.25, 0.3) is 0 Å². The van der Waals surface area contributed by atoms with Crippen molar-refractivity contribution in [3.8, 4) is 5.75 Å². The van der Waals surface area contributed by atoms with Crippen LogP contribution in [0.2, 0.25) is 0 Å². The Hall–Kier alpha value is -1.75. The fraction of sp³-hybridized carbons (Fsp3) is 0.708. The van der Waals surface area contributed by atoms with E-state index >= 15 is 0 Å². The topological polar surface area (TPSA) is 50.8 Å². The number of carbonyl (C=O) groups excluding carboxylic acids is 1. The van der Waals surface area contributed by atoms with Crippen LogP contribution in [0.4, 0.5) is 10.5 Å². The average molecular weight is 403 g/mol. The van der Waals surface area contributed by atoms with Crippen molar-refractivity contribution < 1.29 is 14.3 Å². The lowest BCUT2D eigenvalue weighted by Crippen LogP contribution is -2.49. The minimum absolute atomic E-state index is 0.00702. The van der Waals surface area contributed by atoms with Crippen LogP contribution in [0.5, 0.6) is 5.75 Å². The van der Waals surface area contributed by atoms with Gasteiger partial charge in [0, 0.05) is 11.7 Å². The highest BCUT2D eigenvalue weighted by molar-refractivity contribution is 5.84. The molecule has 162 valence electrons. The number of likely N-dealkylation sites (tertiary alicyclic amines) is 1. The molecule has 0 unspecified atom stereocenters. The Bertz CT molecular complexity index is 599. The van der Waals surface area contributed by atoms with Gasteiger partial charge in [0.15, 0.2) is 0 Å². The van der Waals surface area contributed by atoms with E-state index in [0.717, 1.165) is 56.8 Å². The minimum Gasteiger partial charge on any atom is -0.494 e. The molecular weight excluding hydrogens is 364 g/mol. The van der Waals surface area contributed by atoms with E-state index in [2.05, 4.69) is 17.1 Å². The van der Waals surface area contributed by atoms with E-state index in [9.17, 15) is 4.79 Å². The van der Waals surface area contributed by atoms with Crippen molar-refractivity contribution in [2.45, 2.75) is 89.7 Å². The van der Waals surface area contributed by atoms with Gasteiger partial charge in [0.1, 0.15) is 11.9 Å². The van der Waals surface area contributed by atoms with Crippen LogP contribution < -0.4 is 10.1 Å². The number of carbonyl (C=O) groups is 1. The minimum atomic E-state index is -0.341. The summed E-state index contributed by atoms with van der Waals surface area (Å²) in [4.78, 5) is 15.0. The van der Waals surface area contributed by atoms with Crippen molar-refractivity contribution in [2.24, 2.45) is 0 Å². The second-order valence-corrected chi connectivity index (χ2v) is 8.45. The van der Waals surface area contributed by atoms with Crippen LogP contribution in [0, 0.1) is 0 Å². The van der Waals surface area contributed by atoms with Gasteiger partial charge < -0.3 is 9.47 Å². The summed E-state index contributed by atoms with van der Waals surface area (Å²) in [6, 6.07) is 7.97. The molecule has 0 radical (unpaired) electrons. The highest BCUT2D eigenvalue weighted by Gasteiger charge is 2.33. The Balaban J connectivity index is 1.44. The largest absolute Gasteiger partial charge is 0.494 e. The number of piperidine rings is 1. The summed E-state index contributed by atoms with van der Waals surface area (Å²) in [6.07, 6.45) is 12.8. The molecule has 0 aromatic heterocycles. The lowest BCUT2D eigenvalue weighted by molar-refractivity contribution is 0.00174. The molecule has 1 aliphatic carbocycles. The van der Waals surface area contributed by atoms with Crippen LogP contribution in [0.3, 0.4) is 0 Å². The fourth-order valence-electron chi connectivity index (χ4n) is 4.52. The predicted molar refractivity (Wildman–Crippen MR) is 118 cm³/mol. The van der Waals surface area contributed by atoms with Gasteiger partial charge in [-0.2, -0.15) is 0 Å². The SMILES string of the molecule is CCCCCCOc1ccc(NC(=O)O[C@H]2CCCC[C@H]2N2CCCCC2)cc1. The van der Waals surface area contributed by atoms with Crippen molar-refractivity contribution in [2.75, 3.05) is 25.0 Å². The first-order valence-electron chi connectivity index (χ1n) is 11.7. The number of rotatable bonds is 9. The Morgan fingerprint density at radius 3 is 2.52 bits per heavy atom. The quantitative estimate of drug-likeness (QED) is 0.515. The first-order valence-corrected chi connectivity index (χ1v) is 11.7. The lowest BCUT2D eigenvalue weighted by atomic mass is 9.90. The molecule has 1 amide bonds. The van der Waals surface area contributed by atoms with Crippen LogP contribution in [-0.4, -0.2) is 42.8 Å². The van der Waals surface area contributed by atoms with E-state index in [1.165, 1.54) is 44.9 Å². The number of benzene rings is 1. The standard InChI is InChI=1S/C24H38N2O3/c1-2-3-4-10-19-28-21-15-13-20(14-16-21)25-24(27)29-23-12-7-6-11-22(23)26-17-8-5-9-18-26/h13-16,22-23H,2-12,17-19H2,1H3,(H,25,27)/t22-,23+/m1/s1. The molecule has 1 heterocycles. The Labute approximate surface area is 176 Å². The van der Waals surface area contributed by atoms with Crippen LogP contribution in [-0.2, 0) is 4.74 Å². The first kappa shape index (κ1) is 21.9. The predicted octanol–water partition coefficient (Wildman–Crippen LogP) is 5.99. The van der Waals surface area contributed by atoms with E-state index < -0.39 is 0 Å². The molecule has 0 spiro atoms. The second-order valence-electron chi connectivity index (χ2n) is 8.45. The zero-order chi connectivity index (χ0) is 20.3. The second kappa shape index (κ2) is 12.1. The maximum absolute atomic E-state index is 12.5. The Morgan fingerprint density at radius 1 is 1.00 bits per heavy atom. The summed E-state index contributed by atoms with van der Waals surface area (Å²) >= 11 is 0. The number of hydrogen-bond donors (Lipinski definition) is 1. The van der Waals surface area contributed by atoms with E-state index in [-0.39, 0.29) is 12.2 Å². The zero-order valence-electron chi connectivity index (χ0n) is 18.0. The third-order valence-electron chi connectivity index (χ3n) is 6.15. The third-order valence-corrected chi connectivity index (χ3v) is 6.15. The molecule has 2 aliphatic rings. The smallest absolute Gasteiger partial charge is 0.411 e. The van der Waals surface area contributed by atoms with Crippen LogP contribution in [0.1, 0.15) is 77.6 Å². The molecule has 1 saturated heterocycles. The molecule has 2 fully saturated rings. The van der Waals surface area contributed by atoms with E-state index in [0.29, 0.717) is 6.04 Å². The van der Waals surface area contributed by atoms with Crippen LogP contribution in [0.15, 0.2) is 24.3 Å². The summed E-state index contributed by atoms with van der Waals surface area (Å²) in [7, 11) is 0. The molecule has 3 rings (SSSR count). The number of ether oxygens (including phenoxy) is 2. The number of nitrogens with one attached hydrogen (secondary N) is 1. The maximum atomic E-state index is 12.5. The zero-order valence-corrected chi connectivity index (χ0v) is 18.0. The molecule has 1 aromatic rings. The van der Waals surface area contributed by atoms with Crippen molar-refractivity contribution in [3.63, 3.8) is 0 Å². The van der Waals surface area contributed by atoms with Gasteiger partial charge in [0.05, 0.1) is 6.61 Å². The van der Waals surface area contributed by atoms with E-state index in [4.69, 9.17) is 9.47 Å². The van der Waals surface area contributed by atoms with Gasteiger partial charge in [-0.05, 0) is 75.9 Å². The van der Waals surface area contributed by atoms with Crippen molar-refractivity contribution in [3.05, 3.63) is 24.3 Å².